The Morgan fingerprint density at radius 3 is 1.28 bits per heavy atom. The SMILES string of the molecule is CCCNC(=O)CCN(CCNC(=O)CCN(CCNC(=O)CCN(CCN(CC(C)C)C(C)C)CC(C)C)CC(C)C)CCC(=O)C(C)C. The average molecular weight is 710 g/mol. The van der Waals surface area contributed by atoms with Gasteiger partial charge in [0.15, 0.2) is 0 Å². The highest BCUT2D eigenvalue weighted by Crippen LogP contribution is 2.07. The Morgan fingerprint density at radius 1 is 0.460 bits per heavy atom. The van der Waals surface area contributed by atoms with E-state index in [4.69, 9.17) is 0 Å². The van der Waals surface area contributed by atoms with Gasteiger partial charge in [-0.05, 0) is 38.0 Å². The van der Waals surface area contributed by atoms with Crippen molar-refractivity contribution in [3.05, 3.63) is 0 Å². The van der Waals surface area contributed by atoms with E-state index in [9.17, 15) is 19.2 Å². The molecule has 0 bridgehead atoms. The highest BCUT2D eigenvalue weighted by molar-refractivity contribution is 5.80. The van der Waals surface area contributed by atoms with Gasteiger partial charge in [0, 0.05) is 129 Å². The van der Waals surface area contributed by atoms with Crippen LogP contribution in [0.2, 0.25) is 0 Å². The van der Waals surface area contributed by atoms with Crippen LogP contribution in [0.3, 0.4) is 0 Å². The molecule has 0 heterocycles. The largest absolute Gasteiger partial charge is 0.356 e. The van der Waals surface area contributed by atoms with Crippen molar-refractivity contribution in [3.8, 4) is 0 Å². The van der Waals surface area contributed by atoms with Crippen LogP contribution in [0.1, 0.15) is 108 Å². The first-order chi connectivity index (χ1) is 23.5. The molecule has 0 aliphatic heterocycles. The van der Waals surface area contributed by atoms with Crippen LogP contribution in [0.4, 0.5) is 0 Å². The van der Waals surface area contributed by atoms with Gasteiger partial charge in [0.05, 0.1) is 0 Å². The Morgan fingerprint density at radius 2 is 0.860 bits per heavy atom. The van der Waals surface area contributed by atoms with Crippen molar-refractivity contribution in [2.24, 2.45) is 23.7 Å². The maximum Gasteiger partial charge on any atom is 0.221 e. The zero-order valence-corrected chi connectivity index (χ0v) is 34.2. The predicted molar refractivity (Wildman–Crippen MR) is 208 cm³/mol. The van der Waals surface area contributed by atoms with Crippen molar-refractivity contribution < 1.29 is 19.2 Å². The van der Waals surface area contributed by atoms with Gasteiger partial charge in [-0.15, -0.1) is 0 Å². The van der Waals surface area contributed by atoms with Gasteiger partial charge in [0.2, 0.25) is 17.7 Å². The lowest BCUT2D eigenvalue weighted by Crippen LogP contribution is -2.43. The average Bonchev–Trinajstić information content (AvgIpc) is 3.02. The first-order valence-electron chi connectivity index (χ1n) is 19.8. The van der Waals surface area contributed by atoms with E-state index >= 15 is 0 Å². The lowest BCUT2D eigenvalue weighted by molar-refractivity contribution is -0.123. The van der Waals surface area contributed by atoms with E-state index in [1.165, 1.54) is 0 Å². The number of nitrogens with zero attached hydrogens (tertiary/aromatic N) is 4. The molecule has 0 spiro atoms. The van der Waals surface area contributed by atoms with Crippen LogP contribution in [-0.4, -0.2) is 141 Å². The molecule has 3 amide bonds. The van der Waals surface area contributed by atoms with Crippen LogP contribution in [0, 0.1) is 23.7 Å². The number of ketones is 1. The Hall–Kier alpha value is -2.08. The highest BCUT2D eigenvalue weighted by atomic mass is 16.2. The summed E-state index contributed by atoms with van der Waals surface area (Å²) in [7, 11) is 0. The number of amides is 3. The molecule has 0 atom stereocenters. The van der Waals surface area contributed by atoms with E-state index in [0.717, 1.165) is 45.7 Å². The van der Waals surface area contributed by atoms with Gasteiger partial charge in [-0.1, -0.05) is 62.3 Å². The number of carbonyl (C=O) groups excluding carboxylic acids is 4. The molecule has 0 radical (unpaired) electrons. The van der Waals surface area contributed by atoms with Crippen molar-refractivity contribution in [1.82, 2.24) is 35.6 Å². The second-order valence-electron chi connectivity index (χ2n) is 15.9. The van der Waals surface area contributed by atoms with Crippen molar-refractivity contribution in [3.63, 3.8) is 0 Å². The van der Waals surface area contributed by atoms with Crippen LogP contribution in [0.25, 0.3) is 0 Å². The fourth-order valence-electron chi connectivity index (χ4n) is 5.83. The summed E-state index contributed by atoms with van der Waals surface area (Å²) in [4.78, 5) is 59.3. The van der Waals surface area contributed by atoms with Gasteiger partial charge in [-0.25, -0.2) is 0 Å². The van der Waals surface area contributed by atoms with Gasteiger partial charge in [0.1, 0.15) is 5.78 Å². The van der Waals surface area contributed by atoms with Gasteiger partial charge in [-0.3, -0.25) is 24.1 Å². The van der Waals surface area contributed by atoms with Crippen LogP contribution < -0.4 is 16.0 Å². The van der Waals surface area contributed by atoms with Crippen molar-refractivity contribution >= 4 is 23.5 Å². The molecule has 3 N–H and O–H groups in total. The van der Waals surface area contributed by atoms with E-state index in [1.54, 1.807) is 0 Å². The molecule has 0 rings (SSSR count). The lowest BCUT2D eigenvalue weighted by Gasteiger charge is -2.32. The van der Waals surface area contributed by atoms with Crippen LogP contribution in [0.5, 0.6) is 0 Å². The molecular weight excluding hydrogens is 630 g/mol. The third-order valence-electron chi connectivity index (χ3n) is 8.64. The maximum absolute atomic E-state index is 12.8. The van der Waals surface area contributed by atoms with Crippen LogP contribution in [0.15, 0.2) is 0 Å². The number of Topliss-reactive ketones (excluding diaryl/α,β-unsaturated/α-hetero) is 1. The fourth-order valence-corrected chi connectivity index (χ4v) is 5.83. The van der Waals surface area contributed by atoms with E-state index in [1.807, 2.05) is 20.8 Å². The molecule has 0 aromatic carbocycles. The minimum Gasteiger partial charge on any atom is -0.356 e. The molecule has 294 valence electrons. The first-order valence-corrected chi connectivity index (χ1v) is 19.8. The normalized spacial score (nSPS) is 12.2. The third-order valence-corrected chi connectivity index (χ3v) is 8.64. The minimum atomic E-state index is -0.0173. The Kier molecular flexibility index (Phi) is 27.3. The fraction of sp³-hybridized carbons (Fsp3) is 0.897. The number of hydrogen-bond acceptors (Lipinski definition) is 8. The summed E-state index contributed by atoms with van der Waals surface area (Å²) in [6.07, 6.45) is 2.56. The van der Waals surface area contributed by atoms with Gasteiger partial charge >= 0.3 is 0 Å². The monoisotopic (exact) mass is 710 g/mol. The first kappa shape index (κ1) is 47.9. The van der Waals surface area contributed by atoms with Gasteiger partial charge in [0.25, 0.3) is 0 Å². The molecular formula is C39H79N7O4. The molecule has 0 aliphatic rings. The zero-order valence-electron chi connectivity index (χ0n) is 34.2. The number of nitrogens with one attached hydrogen (secondary N) is 3. The standard InChI is InChI=1S/C39H79N7O4/c1-12-17-40-37(48)14-21-43(20-13-36(47)34(8)9)24-18-41-38(49)15-22-44(28-31(2)3)25-19-42-39(50)16-23-45(29-32(4)5)26-27-46(35(10)11)30-33(6)7/h31-35H,12-30H2,1-11H3,(H,40,48)(H,41,49)(H,42,50). The minimum absolute atomic E-state index is 0.0104. The molecule has 0 aliphatic carbocycles. The second kappa shape index (κ2) is 28.5. The summed E-state index contributed by atoms with van der Waals surface area (Å²) in [6, 6.07) is 0.505. The number of rotatable bonds is 31. The summed E-state index contributed by atoms with van der Waals surface area (Å²) in [5.41, 5.74) is 0. The van der Waals surface area contributed by atoms with E-state index in [2.05, 4.69) is 90.9 Å². The van der Waals surface area contributed by atoms with Crippen LogP contribution in [-0.2, 0) is 19.2 Å². The van der Waals surface area contributed by atoms with E-state index in [-0.39, 0.29) is 29.4 Å². The van der Waals surface area contributed by atoms with Crippen molar-refractivity contribution in [2.75, 3.05) is 91.6 Å². The summed E-state index contributed by atoms with van der Waals surface area (Å²) in [5, 5.41) is 9.06. The van der Waals surface area contributed by atoms with Crippen molar-refractivity contribution in [2.45, 2.75) is 114 Å². The number of carbonyl (C=O) groups is 4. The summed E-state index contributed by atoms with van der Waals surface area (Å²) < 4.78 is 0. The Labute approximate surface area is 307 Å². The summed E-state index contributed by atoms with van der Waals surface area (Å²) in [6.45, 7) is 34.0. The molecule has 0 fully saturated rings. The summed E-state index contributed by atoms with van der Waals surface area (Å²) in [5.74, 6) is 1.87. The third kappa shape index (κ3) is 26.7. The van der Waals surface area contributed by atoms with Gasteiger partial charge < -0.3 is 30.7 Å². The highest BCUT2D eigenvalue weighted by Gasteiger charge is 2.17. The maximum atomic E-state index is 12.8. The van der Waals surface area contributed by atoms with E-state index in [0.29, 0.717) is 102 Å². The molecule has 0 aromatic rings. The number of hydrogen-bond donors (Lipinski definition) is 3. The Balaban J connectivity index is 4.80. The van der Waals surface area contributed by atoms with Crippen molar-refractivity contribution in [1.29, 1.82) is 0 Å². The molecule has 0 saturated heterocycles. The predicted octanol–water partition coefficient (Wildman–Crippen LogP) is 4.11. The van der Waals surface area contributed by atoms with Gasteiger partial charge in [-0.2, -0.15) is 0 Å². The molecule has 50 heavy (non-hydrogen) atoms. The van der Waals surface area contributed by atoms with E-state index < -0.39 is 0 Å². The zero-order chi connectivity index (χ0) is 38.1. The smallest absolute Gasteiger partial charge is 0.221 e. The molecule has 11 nitrogen and oxygen atoms in total. The molecule has 0 saturated carbocycles. The summed E-state index contributed by atoms with van der Waals surface area (Å²) >= 11 is 0. The van der Waals surface area contributed by atoms with Crippen LogP contribution >= 0.6 is 0 Å². The second-order valence-corrected chi connectivity index (χ2v) is 15.9. The molecule has 0 aromatic heterocycles. The molecule has 0 unspecified atom stereocenters. The lowest BCUT2D eigenvalue weighted by atomic mass is 10.1. The Bertz CT molecular complexity index is 926. The molecule has 11 heteroatoms. The quantitative estimate of drug-likeness (QED) is 0.0986. The topological polar surface area (TPSA) is 117 Å².